The summed E-state index contributed by atoms with van der Waals surface area (Å²) in [6, 6.07) is 0. The van der Waals surface area contributed by atoms with Crippen LogP contribution in [0.15, 0.2) is 0 Å². The number of rotatable bonds is 7. The predicted octanol–water partition coefficient (Wildman–Crippen LogP) is 6.57. The van der Waals surface area contributed by atoms with Gasteiger partial charge in [0.05, 0.1) is 5.75 Å². The van der Waals surface area contributed by atoms with Gasteiger partial charge in [-0.15, -0.1) is 0 Å². The number of nitrogens with one attached hydrogen (secondary N) is 1. The van der Waals surface area contributed by atoms with Gasteiger partial charge in [0.1, 0.15) is 0 Å². The van der Waals surface area contributed by atoms with Gasteiger partial charge in [0, 0.05) is 13.0 Å². The number of hydrogen-bond acceptors (Lipinski definition) is 2. The molecule has 0 saturated heterocycles. The van der Waals surface area contributed by atoms with Crippen molar-refractivity contribution in [1.82, 2.24) is 5.32 Å². The second-order valence-electron chi connectivity index (χ2n) is 11.5. The van der Waals surface area contributed by atoms with E-state index in [1.165, 1.54) is 70.6 Å². The lowest BCUT2D eigenvalue weighted by molar-refractivity contribution is -0.121. The number of hydrogen-bond donors (Lipinski definition) is 2. The Kier molecular flexibility index (Phi) is 9.28. The van der Waals surface area contributed by atoms with Gasteiger partial charge in [0.25, 0.3) is 0 Å². The fraction of sp³-hybridized carbons (Fsp3) is 0.963. The summed E-state index contributed by atoms with van der Waals surface area (Å²) in [7, 11) is 0. The first kappa shape index (κ1) is 26.2. The van der Waals surface area contributed by atoms with Crippen molar-refractivity contribution in [2.24, 2.45) is 40.4 Å². The van der Waals surface area contributed by atoms with Gasteiger partial charge in [-0.1, -0.05) is 40.5 Å². The lowest BCUT2D eigenvalue weighted by Crippen LogP contribution is -2.52. The molecular weight excluding hydrogens is 418 g/mol. The number of carbonyl (C=O) groups excluding carboxylic acids is 1. The molecule has 4 aliphatic rings. The van der Waals surface area contributed by atoms with Crippen molar-refractivity contribution >= 4 is 17.0 Å². The van der Waals surface area contributed by atoms with Crippen molar-refractivity contribution < 1.29 is 13.6 Å². The van der Waals surface area contributed by atoms with Crippen molar-refractivity contribution in [3.05, 3.63) is 0 Å². The third kappa shape index (κ3) is 5.29. The van der Waals surface area contributed by atoms with Crippen LogP contribution >= 0.6 is 0 Å². The molecule has 0 aromatic heterocycles. The Labute approximate surface area is 199 Å². The van der Waals surface area contributed by atoms with Crippen LogP contribution in [0.4, 0.5) is 0 Å². The monoisotopic (exact) mass is 467 g/mol. The maximum Gasteiger partial charge on any atom is 0.220 e. The Balaban J connectivity index is 0.00000141. The van der Waals surface area contributed by atoms with Gasteiger partial charge in [0.2, 0.25) is 5.91 Å². The molecule has 0 bridgehead atoms. The maximum absolute atomic E-state index is 12.0. The zero-order chi connectivity index (χ0) is 23.4. The third-order valence-electron chi connectivity index (χ3n) is 10.3. The SMILES string of the molecule is CC.CC12CCCCC1CCC1C2CCC2(C)C(CCCC(=O)NCCS(=O)O)CCC12. The van der Waals surface area contributed by atoms with E-state index < -0.39 is 11.1 Å². The zero-order valence-corrected chi connectivity index (χ0v) is 22.0. The van der Waals surface area contributed by atoms with E-state index in [0.29, 0.717) is 23.8 Å². The van der Waals surface area contributed by atoms with E-state index >= 15 is 0 Å². The molecule has 0 aliphatic heterocycles. The molecule has 0 spiro atoms. The summed E-state index contributed by atoms with van der Waals surface area (Å²) in [5.74, 6) is 4.76. The Morgan fingerprint density at radius 3 is 2.47 bits per heavy atom. The van der Waals surface area contributed by atoms with Crippen LogP contribution in [0.2, 0.25) is 0 Å². The highest BCUT2D eigenvalue weighted by Crippen LogP contribution is 2.67. The lowest BCUT2D eigenvalue weighted by Gasteiger charge is -2.60. The van der Waals surface area contributed by atoms with E-state index in [-0.39, 0.29) is 11.7 Å². The first-order valence-corrected chi connectivity index (χ1v) is 15.0. The highest BCUT2D eigenvalue weighted by atomic mass is 32.2. The highest BCUT2D eigenvalue weighted by Gasteiger charge is 2.59. The molecule has 4 fully saturated rings. The molecule has 1 amide bonds. The van der Waals surface area contributed by atoms with Crippen molar-refractivity contribution in [3.63, 3.8) is 0 Å². The average Bonchev–Trinajstić information content (AvgIpc) is 3.11. The molecule has 0 aromatic rings. The third-order valence-corrected chi connectivity index (χ3v) is 10.9. The minimum Gasteiger partial charge on any atom is -0.355 e. The molecule has 186 valence electrons. The maximum atomic E-state index is 12.0. The van der Waals surface area contributed by atoms with Crippen LogP contribution in [0.25, 0.3) is 0 Å². The topological polar surface area (TPSA) is 66.4 Å². The fourth-order valence-electron chi connectivity index (χ4n) is 8.75. The molecule has 4 rings (SSSR count). The summed E-state index contributed by atoms with van der Waals surface area (Å²) >= 11 is -1.82. The molecule has 32 heavy (non-hydrogen) atoms. The summed E-state index contributed by atoms with van der Waals surface area (Å²) in [4.78, 5) is 12.0. The Morgan fingerprint density at radius 1 is 0.969 bits per heavy atom. The van der Waals surface area contributed by atoms with Gasteiger partial charge >= 0.3 is 0 Å². The molecule has 4 saturated carbocycles. The van der Waals surface area contributed by atoms with Crippen LogP contribution in [0.3, 0.4) is 0 Å². The molecule has 4 nitrogen and oxygen atoms in total. The van der Waals surface area contributed by atoms with Crippen molar-refractivity contribution in [2.75, 3.05) is 12.3 Å². The van der Waals surface area contributed by atoms with Crippen LogP contribution in [0, 0.1) is 40.4 Å². The van der Waals surface area contributed by atoms with Crippen LogP contribution in [0.5, 0.6) is 0 Å². The van der Waals surface area contributed by atoms with Crippen LogP contribution in [-0.2, 0) is 15.9 Å². The van der Waals surface area contributed by atoms with E-state index in [1.807, 2.05) is 13.8 Å². The minimum atomic E-state index is -1.82. The van der Waals surface area contributed by atoms with E-state index in [4.69, 9.17) is 4.55 Å². The van der Waals surface area contributed by atoms with Crippen LogP contribution < -0.4 is 5.32 Å². The quantitative estimate of drug-likeness (QED) is 0.416. The summed E-state index contributed by atoms with van der Waals surface area (Å²) < 4.78 is 19.5. The highest BCUT2D eigenvalue weighted by molar-refractivity contribution is 7.79. The van der Waals surface area contributed by atoms with Crippen LogP contribution in [-0.4, -0.2) is 27.0 Å². The second kappa shape index (κ2) is 11.3. The fourth-order valence-corrected chi connectivity index (χ4v) is 9.03. The van der Waals surface area contributed by atoms with Gasteiger partial charge in [0.15, 0.2) is 11.1 Å². The van der Waals surface area contributed by atoms with Crippen LogP contribution in [0.1, 0.15) is 111 Å². The number of amides is 1. The molecule has 0 aromatic carbocycles. The molecule has 4 aliphatic carbocycles. The largest absolute Gasteiger partial charge is 0.355 e. The Morgan fingerprint density at radius 2 is 1.72 bits per heavy atom. The molecule has 2 N–H and O–H groups in total. The van der Waals surface area contributed by atoms with Gasteiger partial charge in [-0.3, -0.25) is 4.79 Å². The summed E-state index contributed by atoms with van der Waals surface area (Å²) in [6.07, 6.45) is 17.1. The normalized spacial score (nSPS) is 41.3. The summed E-state index contributed by atoms with van der Waals surface area (Å²) in [5.41, 5.74) is 1.11. The Bertz CT molecular complexity index is 655. The van der Waals surface area contributed by atoms with Crippen molar-refractivity contribution in [2.45, 2.75) is 111 Å². The summed E-state index contributed by atoms with van der Waals surface area (Å²) in [5, 5.41) is 2.78. The van der Waals surface area contributed by atoms with Gasteiger partial charge < -0.3 is 9.87 Å². The standard InChI is InChI=1S/C25H43NO3S.C2H6/c1-24-14-4-3-6-18(24)9-11-20-21-12-10-19(25(21,2)15-13-22(20)24)7-5-8-23(27)26-16-17-30(28)29;1-2/h18-22H,3-17H2,1-2H3,(H,26,27)(H,28,29);1-2H3. The van der Waals surface area contributed by atoms with Gasteiger partial charge in [-0.2, -0.15) is 0 Å². The second-order valence-corrected chi connectivity index (χ2v) is 12.5. The summed E-state index contributed by atoms with van der Waals surface area (Å²) in [6.45, 7) is 9.55. The molecular formula is C27H49NO3S. The van der Waals surface area contributed by atoms with Gasteiger partial charge in [-0.25, -0.2) is 4.21 Å². The molecule has 0 radical (unpaired) electrons. The zero-order valence-electron chi connectivity index (χ0n) is 21.2. The molecule has 5 heteroatoms. The van der Waals surface area contributed by atoms with E-state index in [0.717, 1.165) is 36.0 Å². The minimum absolute atomic E-state index is 0.0346. The van der Waals surface area contributed by atoms with Crippen molar-refractivity contribution in [3.8, 4) is 0 Å². The van der Waals surface area contributed by atoms with E-state index in [1.54, 1.807) is 0 Å². The number of fused-ring (bicyclic) bond motifs is 5. The lowest BCUT2D eigenvalue weighted by atomic mass is 9.45. The Hall–Kier alpha value is -0.420. The average molecular weight is 468 g/mol. The van der Waals surface area contributed by atoms with E-state index in [2.05, 4.69) is 19.2 Å². The molecule has 0 heterocycles. The molecule has 8 atom stereocenters. The van der Waals surface area contributed by atoms with Gasteiger partial charge in [-0.05, 0) is 105 Å². The smallest absolute Gasteiger partial charge is 0.220 e. The van der Waals surface area contributed by atoms with Crippen molar-refractivity contribution in [1.29, 1.82) is 0 Å². The van der Waals surface area contributed by atoms with E-state index in [9.17, 15) is 9.00 Å². The molecule has 8 unspecified atom stereocenters. The first-order chi connectivity index (χ1) is 15.3. The number of carbonyl (C=O) groups is 1. The first-order valence-electron chi connectivity index (χ1n) is 13.7. The predicted molar refractivity (Wildman–Crippen MR) is 134 cm³/mol.